The molecule has 0 saturated heterocycles. The van der Waals surface area contributed by atoms with Crippen molar-refractivity contribution in [2.24, 2.45) is 5.73 Å². The number of carbonyl (C=O) groups excluding carboxylic acids is 1. The van der Waals surface area contributed by atoms with E-state index in [4.69, 9.17) is 5.73 Å². The van der Waals surface area contributed by atoms with Gasteiger partial charge in [0.05, 0.1) is 22.8 Å². The summed E-state index contributed by atoms with van der Waals surface area (Å²) in [6.07, 6.45) is 1.40. The van der Waals surface area contributed by atoms with Gasteiger partial charge >= 0.3 is 0 Å². The van der Waals surface area contributed by atoms with E-state index in [0.29, 0.717) is 23.8 Å². The summed E-state index contributed by atoms with van der Waals surface area (Å²) < 4.78 is 0. The normalized spacial score (nSPS) is 9.61. The molecule has 0 aliphatic rings. The summed E-state index contributed by atoms with van der Waals surface area (Å²) in [4.78, 5) is 17.1. The summed E-state index contributed by atoms with van der Waals surface area (Å²) >= 11 is 1.33. The number of nitrogens with zero attached hydrogens (tertiary/aromatic N) is 2. The lowest BCUT2D eigenvalue weighted by Gasteiger charge is -1.99. The van der Waals surface area contributed by atoms with Gasteiger partial charge in [0.1, 0.15) is 12.2 Å². The van der Waals surface area contributed by atoms with E-state index >= 15 is 0 Å². The van der Waals surface area contributed by atoms with Crippen LogP contribution in [-0.4, -0.2) is 27.6 Å². The number of carbonyl (C=O) groups is 1. The molecular formula is C11H11N5OS. The van der Waals surface area contributed by atoms with E-state index in [9.17, 15) is 4.79 Å². The number of hydrogen-bond donors (Lipinski definition) is 3. The first-order valence-electron chi connectivity index (χ1n) is 5.21. The van der Waals surface area contributed by atoms with Gasteiger partial charge in [-0.05, 0) is 12.1 Å². The lowest BCUT2D eigenvalue weighted by atomic mass is 10.4. The molecule has 0 bridgehead atoms. The van der Waals surface area contributed by atoms with Crippen LogP contribution in [0.5, 0.6) is 0 Å². The number of nitrogens with one attached hydrogen (secondary N) is 2. The van der Waals surface area contributed by atoms with Crippen molar-refractivity contribution >= 4 is 17.2 Å². The fraction of sp³-hybridized carbons (Fsp3) is 0.182. The van der Waals surface area contributed by atoms with Crippen molar-refractivity contribution in [3.8, 4) is 11.8 Å². The van der Waals surface area contributed by atoms with E-state index in [-0.39, 0.29) is 5.91 Å². The van der Waals surface area contributed by atoms with Gasteiger partial charge < -0.3 is 11.1 Å². The van der Waals surface area contributed by atoms with Gasteiger partial charge in [-0.3, -0.25) is 9.89 Å². The zero-order valence-electron chi connectivity index (χ0n) is 9.43. The Hall–Kier alpha value is -2.17. The minimum absolute atomic E-state index is 0.155. The molecule has 2 aromatic heterocycles. The van der Waals surface area contributed by atoms with Crippen LogP contribution in [0.25, 0.3) is 0 Å². The van der Waals surface area contributed by atoms with Gasteiger partial charge in [-0.1, -0.05) is 11.8 Å². The molecule has 0 saturated carbocycles. The third-order valence-corrected chi connectivity index (χ3v) is 3.02. The van der Waals surface area contributed by atoms with Gasteiger partial charge in [-0.15, -0.1) is 11.3 Å². The molecule has 2 aromatic rings. The molecule has 0 atom stereocenters. The smallest absolute Gasteiger partial charge is 0.261 e. The zero-order chi connectivity index (χ0) is 12.8. The molecule has 0 aromatic carbocycles. The van der Waals surface area contributed by atoms with Crippen LogP contribution in [0.4, 0.5) is 0 Å². The Morgan fingerprint density at radius 2 is 2.44 bits per heavy atom. The fourth-order valence-corrected chi connectivity index (χ4v) is 2.03. The highest BCUT2D eigenvalue weighted by atomic mass is 32.1. The standard InChI is InChI=1S/C11H11N5OS/c12-5-1-2-8-3-4-9(18-8)11(17)13-6-10-14-7-15-16-10/h3-4,7H,5-6,12H2,(H,13,17)(H,14,15,16). The fourth-order valence-electron chi connectivity index (χ4n) is 1.23. The summed E-state index contributed by atoms with van der Waals surface area (Å²) in [7, 11) is 0. The third-order valence-electron chi connectivity index (χ3n) is 2.02. The number of amides is 1. The molecule has 0 spiro atoms. The van der Waals surface area contributed by atoms with Gasteiger partial charge in [0.2, 0.25) is 0 Å². The molecule has 0 radical (unpaired) electrons. The van der Waals surface area contributed by atoms with Crippen molar-refractivity contribution in [3.63, 3.8) is 0 Å². The molecule has 0 aliphatic carbocycles. The van der Waals surface area contributed by atoms with Crippen molar-refractivity contribution in [1.82, 2.24) is 20.5 Å². The van der Waals surface area contributed by atoms with Gasteiger partial charge in [-0.25, -0.2) is 4.98 Å². The topological polar surface area (TPSA) is 96.7 Å². The van der Waals surface area contributed by atoms with Crippen LogP contribution >= 0.6 is 11.3 Å². The predicted molar refractivity (Wildman–Crippen MR) is 67.8 cm³/mol. The molecule has 0 fully saturated rings. The van der Waals surface area contributed by atoms with Gasteiger partial charge in [0.15, 0.2) is 0 Å². The van der Waals surface area contributed by atoms with Gasteiger partial charge in [0.25, 0.3) is 5.91 Å². The van der Waals surface area contributed by atoms with Crippen molar-refractivity contribution in [2.45, 2.75) is 6.54 Å². The maximum absolute atomic E-state index is 11.8. The molecular weight excluding hydrogens is 250 g/mol. The summed E-state index contributed by atoms with van der Waals surface area (Å²) in [6.45, 7) is 0.630. The average Bonchev–Trinajstić information content (AvgIpc) is 3.04. The van der Waals surface area contributed by atoms with Crippen LogP contribution in [0.3, 0.4) is 0 Å². The highest BCUT2D eigenvalue weighted by Gasteiger charge is 2.08. The maximum Gasteiger partial charge on any atom is 0.261 e. The highest BCUT2D eigenvalue weighted by Crippen LogP contribution is 2.15. The van der Waals surface area contributed by atoms with Crippen molar-refractivity contribution in [2.75, 3.05) is 6.54 Å². The third kappa shape index (κ3) is 3.16. The van der Waals surface area contributed by atoms with E-state index in [1.165, 1.54) is 17.7 Å². The predicted octanol–water partition coefficient (Wildman–Crippen LogP) is 0.106. The number of rotatable bonds is 3. The SMILES string of the molecule is NCC#Cc1ccc(C(=O)NCc2ncn[nH]2)s1. The van der Waals surface area contributed by atoms with Crippen molar-refractivity contribution < 1.29 is 4.79 Å². The zero-order valence-corrected chi connectivity index (χ0v) is 10.3. The lowest BCUT2D eigenvalue weighted by Crippen LogP contribution is -2.22. The second kappa shape index (κ2) is 5.95. The minimum atomic E-state index is -0.155. The van der Waals surface area contributed by atoms with Crippen LogP contribution < -0.4 is 11.1 Å². The molecule has 18 heavy (non-hydrogen) atoms. The Morgan fingerprint density at radius 3 is 3.17 bits per heavy atom. The molecule has 92 valence electrons. The summed E-state index contributed by atoms with van der Waals surface area (Å²) in [5.74, 6) is 6.09. The minimum Gasteiger partial charge on any atom is -0.344 e. The number of aromatic nitrogens is 3. The molecule has 7 heteroatoms. The number of aromatic amines is 1. The van der Waals surface area contributed by atoms with Crippen LogP contribution in [-0.2, 0) is 6.54 Å². The molecule has 0 unspecified atom stereocenters. The number of thiophene rings is 1. The highest BCUT2D eigenvalue weighted by molar-refractivity contribution is 7.14. The van der Waals surface area contributed by atoms with Crippen LogP contribution in [0.2, 0.25) is 0 Å². The molecule has 6 nitrogen and oxygen atoms in total. The van der Waals surface area contributed by atoms with E-state index in [0.717, 1.165) is 4.88 Å². The van der Waals surface area contributed by atoms with Gasteiger partial charge in [-0.2, -0.15) is 5.10 Å². The van der Waals surface area contributed by atoms with Gasteiger partial charge in [0, 0.05) is 0 Å². The average molecular weight is 261 g/mol. The summed E-state index contributed by atoms with van der Waals surface area (Å²) in [5.41, 5.74) is 5.28. The van der Waals surface area contributed by atoms with Crippen LogP contribution in [0.15, 0.2) is 18.5 Å². The number of nitrogens with two attached hydrogens (primary N) is 1. The Balaban J connectivity index is 1.94. The first kappa shape index (κ1) is 12.3. The summed E-state index contributed by atoms with van der Waals surface area (Å²) in [5, 5.41) is 9.10. The molecule has 4 N–H and O–H groups in total. The molecule has 2 heterocycles. The van der Waals surface area contributed by atoms with Crippen LogP contribution in [0, 0.1) is 11.8 Å². The number of hydrogen-bond acceptors (Lipinski definition) is 5. The first-order valence-corrected chi connectivity index (χ1v) is 6.02. The maximum atomic E-state index is 11.8. The quantitative estimate of drug-likeness (QED) is 0.683. The van der Waals surface area contributed by atoms with E-state index in [1.54, 1.807) is 12.1 Å². The lowest BCUT2D eigenvalue weighted by molar-refractivity contribution is 0.0954. The Bertz CT molecular complexity index is 578. The Labute approximate surface area is 108 Å². The summed E-state index contributed by atoms with van der Waals surface area (Å²) in [6, 6.07) is 3.54. The second-order valence-electron chi connectivity index (χ2n) is 3.28. The van der Waals surface area contributed by atoms with Crippen molar-refractivity contribution in [3.05, 3.63) is 34.0 Å². The molecule has 1 amide bonds. The largest absolute Gasteiger partial charge is 0.344 e. The first-order chi connectivity index (χ1) is 8.79. The molecule has 2 rings (SSSR count). The van der Waals surface area contributed by atoms with E-state index in [1.807, 2.05) is 0 Å². The van der Waals surface area contributed by atoms with Crippen molar-refractivity contribution in [1.29, 1.82) is 0 Å². The Kier molecular flexibility index (Phi) is 4.06. The monoisotopic (exact) mass is 261 g/mol. The second-order valence-corrected chi connectivity index (χ2v) is 4.37. The van der Waals surface area contributed by atoms with E-state index in [2.05, 4.69) is 32.3 Å². The van der Waals surface area contributed by atoms with Crippen LogP contribution in [0.1, 0.15) is 20.4 Å². The Morgan fingerprint density at radius 1 is 1.56 bits per heavy atom. The number of H-pyrrole nitrogens is 1. The van der Waals surface area contributed by atoms with E-state index < -0.39 is 0 Å². The molecule has 0 aliphatic heterocycles.